The first-order valence-electron chi connectivity index (χ1n) is 3.34. The zero-order chi connectivity index (χ0) is 7.72. The van der Waals surface area contributed by atoms with E-state index in [1.165, 1.54) is 0 Å². The van der Waals surface area contributed by atoms with Crippen LogP contribution < -0.4 is 0 Å². The van der Waals surface area contributed by atoms with E-state index in [1.807, 2.05) is 19.1 Å². The van der Waals surface area contributed by atoms with Crippen molar-refractivity contribution in [3.8, 4) is 0 Å². The molecule has 0 aromatic heterocycles. The first-order chi connectivity index (χ1) is 4.61. The lowest BCUT2D eigenvalue weighted by molar-refractivity contribution is 0.608. The molecular weight excluding hydrogens is 127 g/mol. The van der Waals surface area contributed by atoms with Crippen molar-refractivity contribution in [3.63, 3.8) is 0 Å². The smallest absolute Gasteiger partial charge is 0.129 e. The second kappa shape index (κ2) is 2.41. The lowest BCUT2D eigenvalue weighted by Crippen LogP contribution is -1.88. The van der Waals surface area contributed by atoms with Crippen molar-refractivity contribution in [2.45, 2.75) is 20.8 Å². The number of aryl methyl sites for hydroxylation is 3. The molecule has 0 N–H and O–H groups in total. The normalized spacial score (nSPS) is 10.0. The van der Waals surface area contributed by atoms with Gasteiger partial charge in [0, 0.05) is 0 Å². The summed E-state index contributed by atoms with van der Waals surface area (Å²) in [6, 6.07) is 3.70. The predicted octanol–water partition coefficient (Wildman–Crippen LogP) is 2.75. The van der Waals surface area contributed by atoms with Crippen molar-refractivity contribution in [3.05, 3.63) is 34.6 Å². The summed E-state index contributed by atoms with van der Waals surface area (Å²) >= 11 is 0. The molecule has 0 heterocycles. The topological polar surface area (TPSA) is 0 Å². The number of halogens is 1. The summed E-state index contributed by atoms with van der Waals surface area (Å²) < 4.78 is 12.9. The van der Waals surface area contributed by atoms with Gasteiger partial charge in [0.25, 0.3) is 0 Å². The Hall–Kier alpha value is -0.850. The number of benzene rings is 1. The average Bonchev–Trinajstić information content (AvgIpc) is 1.82. The molecule has 10 heavy (non-hydrogen) atoms. The molecule has 0 spiro atoms. The molecule has 0 saturated heterocycles. The fourth-order valence-electron chi connectivity index (χ4n) is 1.16. The summed E-state index contributed by atoms with van der Waals surface area (Å²) in [5, 5.41) is 0. The van der Waals surface area contributed by atoms with Crippen LogP contribution in [-0.2, 0) is 0 Å². The molecule has 0 amide bonds. The van der Waals surface area contributed by atoms with Crippen LogP contribution in [0.5, 0.6) is 0 Å². The zero-order valence-electron chi connectivity index (χ0n) is 6.53. The minimum atomic E-state index is -0.0781. The summed E-state index contributed by atoms with van der Waals surface area (Å²) in [5.74, 6) is -0.0781. The van der Waals surface area contributed by atoms with Crippen LogP contribution in [0, 0.1) is 26.6 Å². The molecular formula is C9H11F. The number of rotatable bonds is 0. The largest absolute Gasteiger partial charge is 0.206 e. The Morgan fingerprint density at radius 3 is 1.80 bits per heavy atom. The van der Waals surface area contributed by atoms with Gasteiger partial charge < -0.3 is 0 Å². The quantitative estimate of drug-likeness (QED) is 0.517. The van der Waals surface area contributed by atoms with Crippen molar-refractivity contribution in [1.82, 2.24) is 0 Å². The van der Waals surface area contributed by atoms with Gasteiger partial charge in [-0.25, -0.2) is 4.39 Å². The molecule has 1 aromatic rings. The van der Waals surface area contributed by atoms with Crippen LogP contribution in [0.2, 0.25) is 0 Å². The van der Waals surface area contributed by atoms with Gasteiger partial charge in [0.15, 0.2) is 0 Å². The van der Waals surface area contributed by atoms with E-state index in [-0.39, 0.29) is 5.82 Å². The Bertz CT molecular complexity index is 228. The molecule has 0 unspecified atom stereocenters. The minimum Gasteiger partial charge on any atom is -0.206 e. The van der Waals surface area contributed by atoms with Gasteiger partial charge in [0.05, 0.1) is 0 Å². The van der Waals surface area contributed by atoms with Gasteiger partial charge in [0.2, 0.25) is 0 Å². The fraction of sp³-hybridized carbons (Fsp3) is 0.333. The lowest BCUT2D eigenvalue weighted by atomic mass is 10.1. The maximum atomic E-state index is 12.9. The Labute approximate surface area is 60.7 Å². The van der Waals surface area contributed by atoms with Gasteiger partial charge in [-0.1, -0.05) is 17.7 Å². The molecule has 0 nitrogen and oxygen atoms in total. The Morgan fingerprint density at radius 1 is 1.00 bits per heavy atom. The summed E-state index contributed by atoms with van der Waals surface area (Å²) in [5.41, 5.74) is 2.59. The van der Waals surface area contributed by atoms with E-state index in [1.54, 1.807) is 13.8 Å². The van der Waals surface area contributed by atoms with Gasteiger partial charge in [-0.15, -0.1) is 0 Å². The van der Waals surface area contributed by atoms with Crippen LogP contribution in [0.25, 0.3) is 0 Å². The maximum absolute atomic E-state index is 12.9. The zero-order valence-corrected chi connectivity index (χ0v) is 6.53. The highest BCUT2D eigenvalue weighted by molar-refractivity contribution is 5.29. The first-order valence-corrected chi connectivity index (χ1v) is 3.34. The van der Waals surface area contributed by atoms with E-state index >= 15 is 0 Å². The van der Waals surface area contributed by atoms with Crippen molar-refractivity contribution >= 4 is 0 Å². The molecule has 0 bridgehead atoms. The molecule has 0 fully saturated rings. The van der Waals surface area contributed by atoms with E-state index in [0.717, 1.165) is 16.7 Å². The Balaban J connectivity index is 3.31. The Morgan fingerprint density at radius 2 is 1.40 bits per heavy atom. The summed E-state index contributed by atoms with van der Waals surface area (Å²) in [7, 11) is 0. The van der Waals surface area contributed by atoms with Crippen LogP contribution in [-0.4, -0.2) is 0 Å². The molecule has 1 aromatic carbocycles. The van der Waals surface area contributed by atoms with Crippen LogP contribution >= 0.6 is 0 Å². The van der Waals surface area contributed by atoms with Gasteiger partial charge in [-0.05, 0) is 31.9 Å². The minimum absolute atomic E-state index is 0.0781. The van der Waals surface area contributed by atoms with Crippen LogP contribution in [0.4, 0.5) is 4.39 Å². The fourth-order valence-corrected chi connectivity index (χ4v) is 1.16. The predicted molar refractivity (Wildman–Crippen MR) is 40.6 cm³/mol. The summed E-state index contributed by atoms with van der Waals surface area (Å²) in [6.07, 6.45) is 0. The Kier molecular flexibility index (Phi) is 1.75. The lowest BCUT2D eigenvalue weighted by Gasteiger charge is -2.01. The van der Waals surface area contributed by atoms with E-state index in [0.29, 0.717) is 0 Å². The standard InChI is InChI=1S/C9H11F/c1-6-4-7(2)9(10)8(3)5-6/h4-5H,1-3H3. The summed E-state index contributed by atoms with van der Waals surface area (Å²) in [4.78, 5) is 0. The average molecular weight is 138 g/mol. The second-order valence-electron chi connectivity index (χ2n) is 2.71. The van der Waals surface area contributed by atoms with Gasteiger partial charge in [-0.2, -0.15) is 0 Å². The summed E-state index contributed by atoms with van der Waals surface area (Å²) in [6.45, 7) is 5.55. The molecule has 0 aliphatic carbocycles. The van der Waals surface area contributed by atoms with E-state index < -0.39 is 0 Å². The SMILES string of the molecule is Cc1cc(C)c(F)c(C)c1. The second-order valence-corrected chi connectivity index (χ2v) is 2.71. The third-order valence-corrected chi connectivity index (χ3v) is 1.58. The van der Waals surface area contributed by atoms with E-state index in [2.05, 4.69) is 0 Å². The molecule has 0 atom stereocenters. The highest BCUT2D eigenvalue weighted by Crippen LogP contribution is 2.13. The monoisotopic (exact) mass is 138 g/mol. The molecule has 0 radical (unpaired) electrons. The van der Waals surface area contributed by atoms with Crippen molar-refractivity contribution in [2.24, 2.45) is 0 Å². The van der Waals surface area contributed by atoms with Crippen LogP contribution in [0.3, 0.4) is 0 Å². The third-order valence-electron chi connectivity index (χ3n) is 1.58. The van der Waals surface area contributed by atoms with Crippen LogP contribution in [0.15, 0.2) is 12.1 Å². The molecule has 1 heteroatoms. The van der Waals surface area contributed by atoms with Gasteiger partial charge in [0.1, 0.15) is 5.82 Å². The van der Waals surface area contributed by atoms with Crippen molar-refractivity contribution in [2.75, 3.05) is 0 Å². The van der Waals surface area contributed by atoms with E-state index in [4.69, 9.17) is 0 Å². The highest BCUT2D eigenvalue weighted by atomic mass is 19.1. The van der Waals surface area contributed by atoms with Crippen molar-refractivity contribution in [1.29, 1.82) is 0 Å². The molecule has 54 valence electrons. The molecule has 0 aliphatic rings. The molecule has 0 saturated carbocycles. The maximum Gasteiger partial charge on any atom is 0.129 e. The highest BCUT2D eigenvalue weighted by Gasteiger charge is 2.00. The van der Waals surface area contributed by atoms with Crippen LogP contribution in [0.1, 0.15) is 16.7 Å². The van der Waals surface area contributed by atoms with Gasteiger partial charge in [-0.3, -0.25) is 0 Å². The van der Waals surface area contributed by atoms with Gasteiger partial charge >= 0.3 is 0 Å². The first kappa shape index (κ1) is 7.26. The number of hydrogen-bond acceptors (Lipinski definition) is 0. The molecule has 0 aliphatic heterocycles. The number of hydrogen-bond donors (Lipinski definition) is 0. The molecule has 1 rings (SSSR count). The third kappa shape index (κ3) is 1.18. The van der Waals surface area contributed by atoms with E-state index in [9.17, 15) is 4.39 Å². The van der Waals surface area contributed by atoms with Crippen molar-refractivity contribution < 1.29 is 4.39 Å².